The molecular formula is C42H48O24. The Morgan fingerprint density at radius 1 is 0.606 bits per heavy atom. The van der Waals surface area contributed by atoms with Gasteiger partial charge in [-0.05, 0) is 42.0 Å². The number of aliphatic hydroxyl groups is 10. The molecule has 3 aromatic rings. The molecule has 66 heavy (non-hydrogen) atoms. The first-order valence-corrected chi connectivity index (χ1v) is 20.1. The SMILES string of the molecule is O=C(/C=C/c1ccc(O)c(O)c1)OC[C@H]1O[C@@H](O[C@H]2[C@H](OC3=Cc4c(cc(O)cc4O[C@@H]4O[C@H](CO)[C@@H](O)[C@H](O)[C@H]4O)OC3c3ccc(O)c(O)c3)O[C@H](CO)[C@@H](O)[C@@H]2O)[C@H](O)[C@@H](O)[C@@H]1O. The van der Waals surface area contributed by atoms with E-state index in [-0.39, 0.29) is 28.4 Å². The van der Waals surface area contributed by atoms with E-state index in [0.717, 1.165) is 36.4 Å². The number of carbonyl (C=O) groups excluding carboxylic acids is 1. The lowest BCUT2D eigenvalue weighted by atomic mass is 9.97. The average molecular weight is 937 g/mol. The van der Waals surface area contributed by atoms with Crippen LogP contribution in [0.15, 0.2) is 60.4 Å². The highest BCUT2D eigenvalue weighted by Gasteiger charge is 2.52. The first kappa shape index (κ1) is 48.4. The van der Waals surface area contributed by atoms with Gasteiger partial charge in [0.15, 0.2) is 41.5 Å². The smallest absolute Gasteiger partial charge is 0.330 e. The molecule has 0 amide bonds. The summed E-state index contributed by atoms with van der Waals surface area (Å²) in [4.78, 5) is 12.6. The summed E-state index contributed by atoms with van der Waals surface area (Å²) >= 11 is 0. The van der Waals surface area contributed by atoms with Gasteiger partial charge in [-0.2, -0.15) is 0 Å². The van der Waals surface area contributed by atoms with Crippen LogP contribution < -0.4 is 9.47 Å². The van der Waals surface area contributed by atoms with Crippen molar-refractivity contribution >= 4 is 18.1 Å². The van der Waals surface area contributed by atoms with E-state index in [9.17, 15) is 81.4 Å². The van der Waals surface area contributed by atoms with Crippen LogP contribution in [0.5, 0.6) is 40.2 Å². The summed E-state index contributed by atoms with van der Waals surface area (Å²) in [6.07, 6.45) is -25.7. The van der Waals surface area contributed by atoms with E-state index in [4.69, 9.17) is 37.9 Å². The van der Waals surface area contributed by atoms with E-state index in [2.05, 4.69) is 0 Å². The van der Waals surface area contributed by atoms with Crippen LogP contribution in [0.1, 0.15) is 22.8 Å². The predicted molar refractivity (Wildman–Crippen MR) is 214 cm³/mol. The van der Waals surface area contributed by atoms with Crippen LogP contribution in [-0.4, -0.2) is 195 Å². The standard InChI is InChI=1S/C42H48O24/c43-12-26-30(51)33(54)36(57)40(63-26)61-24-10-17(45)9-23-18(24)11-25(38(60-23)16-3-5-20(47)22(49)8-16)62-42-39(35(56)31(52)27(13-44)64-42)66-41-37(58)34(55)32(53)28(65-41)14-59-29(50)6-2-15-1-4-19(46)21(48)7-15/h1-11,26-28,30-49,51-58H,12-14H2/b6-2+/t26-,27-,28-,30-,31-,32-,33+,34+,35+,36-,37-,38?,39-,40-,41+,42-/m1/s1. The summed E-state index contributed by atoms with van der Waals surface area (Å²) in [7, 11) is 0. The predicted octanol–water partition coefficient (Wildman–Crippen LogP) is -3.23. The highest BCUT2D eigenvalue weighted by Crippen LogP contribution is 2.47. The molecule has 0 aliphatic carbocycles. The maximum Gasteiger partial charge on any atom is 0.330 e. The quantitative estimate of drug-likeness (QED) is 0.0455. The van der Waals surface area contributed by atoms with Crippen molar-refractivity contribution in [2.75, 3.05) is 19.8 Å². The molecule has 24 nitrogen and oxygen atoms in total. The van der Waals surface area contributed by atoms with E-state index in [0.29, 0.717) is 5.56 Å². The summed E-state index contributed by atoms with van der Waals surface area (Å²) in [6.45, 7) is -2.45. The Balaban J connectivity index is 1.18. The van der Waals surface area contributed by atoms with Gasteiger partial charge in [0.1, 0.15) is 96.8 Å². The third-order valence-corrected chi connectivity index (χ3v) is 11.1. The lowest BCUT2D eigenvalue weighted by Gasteiger charge is -2.46. The Hall–Kier alpha value is -5.55. The summed E-state index contributed by atoms with van der Waals surface area (Å²) in [5.74, 6) is -4.21. The lowest BCUT2D eigenvalue weighted by Crippen LogP contribution is -2.64. The molecule has 3 aromatic carbocycles. The molecule has 4 aliphatic rings. The Labute approximate surface area is 372 Å². The van der Waals surface area contributed by atoms with E-state index in [1.54, 1.807) is 0 Å². The Bertz CT molecular complexity index is 2250. The zero-order valence-corrected chi connectivity index (χ0v) is 34.1. The fraction of sp³-hybridized carbons (Fsp3) is 0.452. The van der Waals surface area contributed by atoms with Gasteiger partial charge in [-0.15, -0.1) is 0 Å². The van der Waals surface area contributed by atoms with Crippen molar-refractivity contribution in [2.45, 2.75) is 98.2 Å². The molecule has 3 saturated heterocycles. The van der Waals surface area contributed by atoms with Crippen LogP contribution in [0.2, 0.25) is 0 Å². The number of ether oxygens (including phenoxy) is 8. The molecule has 0 saturated carbocycles. The molecule has 0 bridgehead atoms. The van der Waals surface area contributed by atoms with Crippen molar-refractivity contribution in [1.29, 1.82) is 0 Å². The van der Waals surface area contributed by atoms with Crippen molar-refractivity contribution in [3.05, 3.63) is 77.1 Å². The molecule has 7 rings (SSSR count). The van der Waals surface area contributed by atoms with Crippen molar-refractivity contribution in [3.8, 4) is 40.2 Å². The number of hydrogen-bond donors (Lipinski definition) is 15. The summed E-state index contributed by atoms with van der Waals surface area (Å²) in [5, 5.41) is 157. The van der Waals surface area contributed by atoms with E-state index < -0.39 is 153 Å². The van der Waals surface area contributed by atoms with Gasteiger partial charge >= 0.3 is 5.97 Å². The third-order valence-electron chi connectivity index (χ3n) is 11.1. The van der Waals surface area contributed by atoms with Crippen LogP contribution in [0, 0.1) is 0 Å². The highest BCUT2D eigenvalue weighted by atomic mass is 16.8. The van der Waals surface area contributed by atoms with Crippen molar-refractivity contribution in [3.63, 3.8) is 0 Å². The van der Waals surface area contributed by atoms with Gasteiger partial charge in [0.05, 0.1) is 18.8 Å². The van der Waals surface area contributed by atoms with Crippen LogP contribution in [0.4, 0.5) is 0 Å². The average Bonchev–Trinajstić information content (AvgIpc) is 3.29. The van der Waals surface area contributed by atoms with Gasteiger partial charge < -0.3 is 114 Å². The molecule has 0 spiro atoms. The molecule has 16 atom stereocenters. The number of fused-ring (bicyclic) bond motifs is 1. The van der Waals surface area contributed by atoms with E-state index in [1.165, 1.54) is 30.4 Å². The number of esters is 1. The molecule has 15 N–H and O–H groups in total. The Morgan fingerprint density at radius 3 is 1.85 bits per heavy atom. The number of phenolic OH excluding ortho intramolecular Hbond substituents is 5. The van der Waals surface area contributed by atoms with Gasteiger partial charge in [0.2, 0.25) is 12.6 Å². The number of aliphatic hydroxyl groups excluding tert-OH is 10. The van der Waals surface area contributed by atoms with Crippen LogP contribution in [-0.2, 0) is 33.2 Å². The maximum absolute atomic E-state index is 12.6. The third kappa shape index (κ3) is 10.1. The fourth-order valence-electron chi connectivity index (χ4n) is 7.42. The summed E-state index contributed by atoms with van der Waals surface area (Å²) < 4.78 is 46.4. The van der Waals surface area contributed by atoms with Crippen LogP contribution >= 0.6 is 0 Å². The van der Waals surface area contributed by atoms with Crippen molar-refractivity contribution in [2.24, 2.45) is 0 Å². The normalized spacial score (nSPS) is 34.5. The largest absolute Gasteiger partial charge is 0.508 e. The number of rotatable bonds is 13. The monoisotopic (exact) mass is 936 g/mol. The number of phenols is 5. The molecule has 360 valence electrons. The molecule has 0 radical (unpaired) electrons. The molecule has 4 heterocycles. The lowest BCUT2D eigenvalue weighted by molar-refractivity contribution is -0.364. The topological polar surface area (TPSA) is 394 Å². The van der Waals surface area contributed by atoms with Gasteiger partial charge in [-0.3, -0.25) is 0 Å². The van der Waals surface area contributed by atoms with Gasteiger partial charge in [0, 0.05) is 23.8 Å². The first-order chi connectivity index (χ1) is 31.4. The second kappa shape index (κ2) is 20.1. The summed E-state index contributed by atoms with van der Waals surface area (Å²) in [6, 6.07) is 9.40. The van der Waals surface area contributed by atoms with Crippen molar-refractivity contribution < 1.29 is 119 Å². The van der Waals surface area contributed by atoms with E-state index in [1.807, 2.05) is 0 Å². The zero-order chi connectivity index (χ0) is 47.7. The number of benzene rings is 3. The van der Waals surface area contributed by atoms with Crippen LogP contribution in [0.3, 0.4) is 0 Å². The maximum atomic E-state index is 12.6. The number of hydrogen-bond acceptors (Lipinski definition) is 24. The van der Waals surface area contributed by atoms with Gasteiger partial charge in [0.25, 0.3) is 0 Å². The summed E-state index contributed by atoms with van der Waals surface area (Å²) in [5.41, 5.74) is 0.307. The molecule has 0 aromatic heterocycles. The minimum absolute atomic E-state index is 0.0665. The number of carbonyl (C=O) groups is 1. The second-order valence-electron chi connectivity index (χ2n) is 15.6. The van der Waals surface area contributed by atoms with E-state index >= 15 is 0 Å². The molecule has 3 fully saturated rings. The Kier molecular flexibility index (Phi) is 14.8. The molecule has 24 heteroatoms. The molecule has 1 unspecified atom stereocenters. The first-order valence-electron chi connectivity index (χ1n) is 20.1. The Morgan fingerprint density at radius 2 is 1.20 bits per heavy atom. The zero-order valence-electron chi connectivity index (χ0n) is 34.1. The highest BCUT2D eigenvalue weighted by molar-refractivity contribution is 5.87. The minimum Gasteiger partial charge on any atom is -0.508 e. The molecular weight excluding hydrogens is 888 g/mol. The molecule has 4 aliphatic heterocycles. The van der Waals surface area contributed by atoms with Gasteiger partial charge in [-0.1, -0.05) is 12.1 Å². The van der Waals surface area contributed by atoms with Crippen molar-refractivity contribution in [1.82, 2.24) is 0 Å². The number of aromatic hydroxyl groups is 5. The van der Waals surface area contributed by atoms with Gasteiger partial charge in [-0.25, -0.2) is 4.79 Å². The van der Waals surface area contributed by atoms with Crippen LogP contribution in [0.25, 0.3) is 12.2 Å². The second-order valence-corrected chi connectivity index (χ2v) is 15.6. The minimum atomic E-state index is -2.08. The fourth-order valence-corrected chi connectivity index (χ4v) is 7.42.